The summed E-state index contributed by atoms with van der Waals surface area (Å²) in [5.74, 6) is 0.219. The van der Waals surface area contributed by atoms with E-state index >= 15 is 0 Å². The van der Waals surface area contributed by atoms with Crippen LogP contribution in [0.1, 0.15) is 42.0 Å². The predicted octanol–water partition coefficient (Wildman–Crippen LogP) is 4.00. The van der Waals surface area contributed by atoms with Gasteiger partial charge in [-0.05, 0) is 44.4 Å². The molecule has 0 spiro atoms. The SMILES string of the molecule is CO/N=C(/C(=O)OC)c1cccc(C)c1CO/N=C(\C)c1ccccc1OC1CC1. The molecule has 1 aliphatic carbocycles. The Morgan fingerprint density at radius 3 is 2.47 bits per heavy atom. The molecule has 0 aromatic heterocycles. The first-order valence-electron chi connectivity index (χ1n) is 9.76. The fourth-order valence-electron chi connectivity index (χ4n) is 2.98. The molecule has 0 N–H and O–H groups in total. The highest BCUT2D eigenvalue weighted by Crippen LogP contribution is 2.29. The molecule has 7 nitrogen and oxygen atoms in total. The second kappa shape index (κ2) is 9.91. The lowest BCUT2D eigenvalue weighted by Crippen LogP contribution is -2.20. The van der Waals surface area contributed by atoms with Crippen LogP contribution < -0.4 is 4.74 Å². The van der Waals surface area contributed by atoms with Crippen molar-refractivity contribution in [2.75, 3.05) is 14.2 Å². The maximum absolute atomic E-state index is 12.1. The zero-order valence-electron chi connectivity index (χ0n) is 17.7. The average molecular weight is 410 g/mol. The molecule has 158 valence electrons. The van der Waals surface area contributed by atoms with E-state index in [1.807, 2.05) is 50.2 Å². The molecule has 0 radical (unpaired) electrons. The van der Waals surface area contributed by atoms with E-state index in [9.17, 15) is 4.79 Å². The quantitative estimate of drug-likeness (QED) is 0.355. The van der Waals surface area contributed by atoms with Gasteiger partial charge in [-0.25, -0.2) is 4.79 Å². The number of aryl methyl sites for hydroxylation is 1. The standard InChI is InChI=1S/C23H26N2O5/c1-15-8-7-10-19(22(25-28-4)23(26)27-3)20(15)14-29-24-16(2)18-9-5-6-11-21(18)30-17-12-13-17/h5-11,17H,12-14H2,1-4H3/b24-16+,25-22+. The molecule has 30 heavy (non-hydrogen) atoms. The summed E-state index contributed by atoms with van der Waals surface area (Å²) >= 11 is 0. The number of nitrogens with zero attached hydrogens (tertiary/aromatic N) is 2. The second-order valence-corrected chi connectivity index (χ2v) is 6.98. The number of ether oxygens (including phenoxy) is 2. The molecule has 1 aliphatic rings. The van der Waals surface area contributed by atoms with Crippen molar-refractivity contribution in [3.05, 3.63) is 64.7 Å². The van der Waals surface area contributed by atoms with Crippen LogP contribution in [0.5, 0.6) is 5.75 Å². The molecule has 0 atom stereocenters. The van der Waals surface area contributed by atoms with Crippen LogP contribution in [0.3, 0.4) is 0 Å². The van der Waals surface area contributed by atoms with E-state index in [2.05, 4.69) is 10.3 Å². The van der Waals surface area contributed by atoms with Crippen molar-refractivity contribution >= 4 is 17.4 Å². The third-order valence-corrected chi connectivity index (χ3v) is 4.73. The van der Waals surface area contributed by atoms with Gasteiger partial charge in [0, 0.05) is 16.7 Å². The van der Waals surface area contributed by atoms with E-state index in [0.29, 0.717) is 17.4 Å². The van der Waals surface area contributed by atoms with Crippen molar-refractivity contribution in [1.29, 1.82) is 0 Å². The highest BCUT2D eigenvalue weighted by atomic mass is 16.6. The van der Waals surface area contributed by atoms with Crippen molar-refractivity contribution < 1.29 is 23.9 Å². The normalized spacial score (nSPS) is 14.3. The number of carbonyl (C=O) groups excluding carboxylic acids is 1. The lowest BCUT2D eigenvalue weighted by Gasteiger charge is -2.13. The molecular formula is C23H26N2O5. The van der Waals surface area contributed by atoms with Gasteiger partial charge in [-0.15, -0.1) is 0 Å². The summed E-state index contributed by atoms with van der Waals surface area (Å²) in [7, 11) is 2.68. The first kappa shape index (κ1) is 21.4. The van der Waals surface area contributed by atoms with E-state index in [1.54, 1.807) is 6.07 Å². The molecular weight excluding hydrogens is 384 g/mol. The van der Waals surface area contributed by atoms with Crippen molar-refractivity contribution in [3.63, 3.8) is 0 Å². The molecule has 0 aliphatic heterocycles. The van der Waals surface area contributed by atoms with Gasteiger partial charge >= 0.3 is 5.97 Å². The minimum atomic E-state index is -0.588. The van der Waals surface area contributed by atoms with Crippen LogP contribution in [-0.4, -0.2) is 37.7 Å². The maximum Gasteiger partial charge on any atom is 0.360 e. The molecule has 7 heteroatoms. The van der Waals surface area contributed by atoms with Crippen LogP contribution in [0.2, 0.25) is 0 Å². The number of hydrogen-bond donors (Lipinski definition) is 0. The molecule has 0 unspecified atom stereocenters. The minimum absolute atomic E-state index is 0.0752. The number of esters is 1. The number of methoxy groups -OCH3 is 1. The summed E-state index contributed by atoms with van der Waals surface area (Å²) in [6, 6.07) is 13.3. The Balaban J connectivity index is 1.81. The van der Waals surface area contributed by atoms with Gasteiger partial charge < -0.3 is 19.1 Å². The Bertz CT molecular complexity index is 964. The zero-order valence-corrected chi connectivity index (χ0v) is 17.7. The Morgan fingerprint density at radius 1 is 1.03 bits per heavy atom. The monoisotopic (exact) mass is 410 g/mol. The number of hydrogen-bond acceptors (Lipinski definition) is 7. The van der Waals surface area contributed by atoms with Crippen LogP contribution in [0.15, 0.2) is 52.8 Å². The topological polar surface area (TPSA) is 78.7 Å². The van der Waals surface area contributed by atoms with Crippen LogP contribution in [0.25, 0.3) is 0 Å². The molecule has 0 heterocycles. The summed E-state index contributed by atoms with van der Waals surface area (Å²) in [6.07, 6.45) is 2.47. The van der Waals surface area contributed by atoms with Gasteiger partial charge in [-0.2, -0.15) is 0 Å². The highest BCUT2D eigenvalue weighted by molar-refractivity contribution is 6.43. The number of oxime groups is 2. The number of carbonyl (C=O) groups is 1. The number of rotatable bonds is 9. The minimum Gasteiger partial charge on any atom is -0.490 e. The van der Waals surface area contributed by atoms with Gasteiger partial charge in [0.1, 0.15) is 19.5 Å². The van der Waals surface area contributed by atoms with Gasteiger partial charge in [-0.3, -0.25) is 0 Å². The highest BCUT2D eigenvalue weighted by Gasteiger charge is 2.25. The average Bonchev–Trinajstić information content (AvgIpc) is 3.57. The van der Waals surface area contributed by atoms with Crippen LogP contribution >= 0.6 is 0 Å². The zero-order chi connectivity index (χ0) is 21.5. The summed E-state index contributed by atoms with van der Waals surface area (Å²) in [4.78, 5) is 22.6. The molecule has 0 saturated heterocycles. The van der Waals surface area contributed by atoms with Gasteiger partial charge in [0.05, 0.1) is 18.9 Å². The third-order valence-electron chi connectivity index (χ3n) is 4.73. The lowest BCUT2D eigenvalue weighted by atomic mass is 9.99. The summed E-state index contributed by atoms with van der Waals surface area (Å²) in [5, 5.41) is 8.12. The molecule has 0 bridgehead atoms. The molecule has 1 fully saturated rings. The van der Waals surface area contributed by atoms with Crippen molar-refractivity contribution in [3.8, 4) is 5.75 Å². The van der Waals surface area contributed by atoms with Crippen molar-refractivity contribution in [2.24, 2.45) is 10.3 Å². The molecule has 3 rings (SSSR count). The lowest BCUT2D eigenvalue weighted by molar-refractivity contribution is -0.132. The van der Waals surface area contributed by atoms with Crippen LogP contribution in [-0.2, 0) is 25.8 Å². The summed E-state index contributed by atoms with van der Waals surface area (Å²) < 4.78 is 10.8. The first-order valence-corrected chi connectivity index (χ1v) is 9.76. The number of benzene rings is 2. The third kappa shape index (κ3) is 5.17. The summed E-state index contributed by atoms with van der Waals surface area (Å²) in [6.45, 7) is 3.96. The number of para-hydroxylation sites is 1. The Labute approximate surface area is 176 Å². The van der Waals surface area contributed by atoms with Crippen molar-refractivity contribution in [2.45, 2.75) is 39.4 Å². The first-order chi connectivity index (χ1) is 14.5. The Kier molecular flexibility index (Phi) is 7.06. The van der Waals surface area contributed by atoms with Gasteiger partial charge in [-0.1, -0.05) is 40.6 Å². The largest absolute Gasteiger partial charge is 0.490 e. The van der Waals surface area contributed by atoms with Gasteiger partial charge in [0.15, 0.2) is 5.71 Å². The van der Waals surface area contributed by atoms with E-state index in [0.717, 1.165) is 35.3 Å². The fourth-order valence-corrected chi connectivity index (χ4v) is 2.98. The van der Waals surface area contributed by atoms with Gasteiger partial charge in [0.2, 0.25) is 0 Å². The molecule has 0 amide bonds. The maximum atomic E-state index is 12.1. The second-order valence-electron chi connectivity index (χ2n) is 6.98. The van der Waals surface area contributed by atoms with Crippen molar-refractivity contribution in [1.82, 2.24) is 0 Å². The van der Waals surface area contributed by atoms with E-state index in [1.165, 1.54) is 14.2 Å². The summed E-state index contributed by atoms with van der Waals surface area (Å²) in [5.41, 5.74) is 3.97. The van der Waals surface area contributed by atoms with Crippen LogP contribution in [0.4, 0.5) is 0 Å². The molecule has 2 aromatic carbocycles. The molecule has 2 aromatic rings. The Hall–Kier alpha value is -3.35. The van der Waals surface area contributed by atoms with E-state index < -0.39 is 5.97 Å². The predicted molar refractivity (Wildman–Crippen MR) is 114 cm³/mol. The van der Waals surface area contributed by atoms with Crippen LogP contribution in [0, 0.1) is 6.92 Å². The van der Waals surface area contributed by atoms with E-state index in [-0.39, 0.29) is 12.3 Å². The smallest absolute Gasteiger partial charge is 0.360 e. The molecule has 1 saturated carbocycles. The Morgan fingerprint density at radius 2 is 1.77 bits per heavy atom. The fraction of sp³-hybridized carbons (Fsp3) is 0.348. The van der Waals surface area contributed by atoms with E-state index in [4.69, 9.17) is 19.1 Å². The van der Waals surface area contributed by atoms with Gasteiger partial charge in [0.25, 0.3) is 0 Å².